The minimum absolute atomic E-state index is 0.217. The second-order valence-corrected chi connectivity index (χ2v) is 12.0. The summed E-state index contributed by atoms with van der Waals surface area (Å²) in [6, 6.07) is 19.5. The Morgan fingerprint density at radius 3 is 2.40 bits per heavy atom. The van der Waals surface area contributed by atoms with Crippen molar-refractivity contribution in [2.24, 2.45) is 0 Å². The van der Waals surface area contributed by atoms with Gasteiger partial charge in [0.15, 0.2) is 5.11 Å². The number of nitrogens with zero attached hydrogens (tertiary/aromatic N) is 3. The zero-order valence-corrected chi connectivity index (χ0v) is 24.0. The van der Waals surface area contributed by atoms with Gasteiger partial charge in [0.05, 0.1) is 29.6 Å². The summed E-state index contributed by atoms with van der Waals surface area (Å²) >= 11 is 5.84. The van der Waals surface area contributed by atoms with Crippen LogP contribution in [0.15, 0.2) is 72.9 Å². The molecule has 11 heteroatoms. The first-order chi connectivity index (χ1) is 18.9. The Morgan fingerprint density at radius 2 is 1.77 bits per heavy atom. The van der Waals surface area contributed by atoms with Gasteiger partial charge in [0.25, 0.3) is 0 Å². The Labute approximate surface area is 238 Å². The summed E-state index contributed by atoms with van der Waals surface area (Å²) in [5.74, 6) is -0.982. The minimum atomic E-state index is -3.41. The largest absolute Gasteiger partial charge is 0.478 e. The van der Waals surface area contributed by atoms with Crippen LogP contribution in [0.2, 0.25) is 0 Å². The molecule has 0 bridgehead atoms. The summed E-state index contributed by atoms with van der Waals surface area (Å²) in [4.78, 5) is 18.4. The molecule has 2 aromatic carbocycles. The molecule has 40 heavy (non-hydrogen) atoms. The molecule has 1 saturated heterocycles. The van der Waals surface area contributed by atoms with Gasteiger partial charge in [-0.2, -0.15) is 0 Å². The molecule has 2 aromatic heterocycles. The number of benzene rings is 2. The molecule has 0 amide bonds. The van der Waals surface area contributed by atoms with Crippen molar-refractivity contribution in [2.45, 2.75) is 32.9 Å². The molecule has 3 heterocycles. The lowest BCUT2D eigenvalue weighted by molar-refractivity contribution is 0.0697. The van der Waals surface area contributed by atoms with Crippen molar-refractivity contribution in [3.05, 3.63) is 107 Å². The highest BCUT2D eigenvalue weighted by molar-refractivity contribution is 7.92. The van der Waals surface area contributed by atoms with Crippen LogP contribution in [-0.2, 0) is 10.0 Å². The van der Waals surface area contributed by atoms with E-state index >= 15 is 0 Å². The monoisotopic (exact) mass is 575 g/mol. The molecular formula is C29H29N5O4S2. The molecule has 0 spiro atoms. The van der Waals surface area contributed by atoms with Gasteiger partial charge in [-0.1, -0.05) is 12.1 Å². The number of hydrogen-bond acceptors (Lipinski definition) is 5. The number of carboxylic acid groups (broad SMARTS) is 1. The number of pyridine rings is 1. The average Bonchev–Trinajstić information content (AvgIpc) is 3.39. The fourth-order valence-electron chi connectivity index (χ4n) is 5.29. The molecule has 206 valence electrons. The lowest BCUT2D eigenvalue weighted by atomic mass is 9.96. The van der Waals surface area contributed by atoms with E-state index in [-0.39, 0.29) is 17.6 Å². The first-order valence-electron chi connectivity index (χ1n) is 12.6. The number of aromatic nitrogens is 2. The van der Waals surface area contributed by atoms with Crippen LogP contribution in [0.25, 0.3) is 5.69 Å². The average molecular weight is 576 g/mol. The van der Waals surface area contributed by atoms with Crippen LogP contribution < -0.4 is 14.9 Å². The van der Waals surface area contributed by atoms with Crippen molar-refractivity contribution in [1.29, 1.82) is 0 Å². The number of hydrogen-bond donors (Lipinski definition) is 3. The Bertz CT molecular complexity index is 1720. The highest BCUT2D eigenvalue weighted by Crippen LogP contribution is 2.44. The molecule has 9 nitrogen and oxygen atoms in total. The Balaban J connectivity index is 1.65. The molecule has 1 aliphatic rings. The van der Waals surface area contributed by atoms with Crippen molar-refractivity contribution in [3.63, 3.8) is 0 Å². The second-order valence-electron chi connectivity index (χ2n) is 9.89. The molecule has 0 aliphatic carbocycles. The van der Waals surface area contributed by atoms with Gasteiger partial charge in [-0.3, -0.25) is 9.71 Å². The fraction of sp³-hybridized carbons (Fsp3) is 0.207. The SMILES string of the molecule is Cc1ccc(C(=O)O)cc1-n1c(C)cc([C@@H]2[C@H](c3ccccn3)NC(=S)N2c2ccc(NS(C)(=O)=O)cc2)c1C. The van der Waals surface area contributed by atoms with Gasteiger partial charge in [0, 0.05) is 34.6 Å². The highest BCUT2D eigenvalue weighted by Gasteiger charge is 2.42. The zero-order valence-electron chi connectivity index (χ0n) is 22.4. The third kappa shape index (κ3) is 5.17. The number of thiocarbonyl (C=S) groups is 1. The number of carbonyl (C=O) groups is 1. The fourth-order valence-corrected chi connectivity index (χ4v) is 6.20. The van der Waals surface area contributed by atoms with E-state index in [1.807, 2.05) is 62.1 Å². The van der Waals surface area contributed by atoms with E-state index in [1.165, 1.54) is 0 Å². The maximum atomic E-state index is 11.7. The van der Waals surface area contributed by atoms with Crippen LogP contribution in [0.3, 0.4) is 0 Å². The summed E-state index contributed by atoms with van der Waals surface area (Å²) in [7, 11) is -3.41. The first kappa shape index (κ1) is 27.4. The third-order valence-corrected chi connectivity index (χ3v) is 7.95. The molecular weight excluding hydrogens is 546 g/mol. The van der Waals surface area contributed by atoms with Crippen LogP contribution in [0.1, 0.15) is 50.7 Å². The maximum absolute atomic E-state index is 11.7. The number of anilines is 2. The first-order valence-corrected chi connectivity index (χ1v) is 14.9. The lowest BCUT2D eigenvalue weighted by Crippen LogP contribution is -2.29. The molecule has 0 saturated carbocycles. The van der Waals surface area contributed by atoms with Crippen LogP contribution in [0.5, 0.6) is 0 Å². The molecule has 1 aliphatic heterocycles. The van der Waals surface area contributed by atoms with E-state index in [9.17, 15) is 18.3 Å². The summed E-state index contributed by atoms with van der Waals surface area (Å²) < 4.78 is 28.0. The van der Waals surface area contributed by atoms with E-state index in [1.54, 1.807) is 30.5 Å². The van der Waals surface area contributed by atoms with Crippen LogP contribution >= 0.6 is 12.2 Å². The standard InChI is InChI=1S/C29H29N5O4S2/c1-17-8-9-20(28(35)36)16-25(17)33-18(2)15-23(19(33)3)27-26(24-7-5-6-14-30-24)31-29(39)34(27)22-12-10-21(11-13-22)32-40(4,37)38/h5-16,26-27,32H,1-4H3,(H,31,39)(H,35,36)/t26-,27+/m0/s1. The minimum Gasteiger partial charge on any atom is -0.478 e. The highest BCUT2D eigenvalue weighted by atomic mass is 32.2. The number of sulfonamides is 1. The van der Waals surface area contributed by atoms with Crippen molar-refractivity contribution >= 4 is 44.7 Å². The molecule has 0 radical (unpaired) electrons. The van der Waals surface area contributed by atoms with Crippen LogP contribution in [-0.4, -0.2) is 40.4 Å². The third-order valence-electron chi connectivity index (χ3n) is 7.03. The molecule has 5 rings (SSSR count). The normalized spacial score (nSPS) is 17.1. The second kappa shape index (κ2) is 10.4. The predicted molar refractivity (Wildman–Crippen MR) is 160 cm³/mol. The Hall–Kier alpha value is -4.22. The van der Waals surface area contributed by atoms with Gasteiger partial charge >= 0.3 is 5.97 Å². The van der Waals surface area contributed by atoms with Crippen molar-refractivity contribution in [2.75, 3.05) is 15.9 Å². The van der Waals surface area contributed by atoms with Crippen molar-refractivity contribution < 1.29 is 18.3 Å². The number of aryl methyl sites for hydroxylation is 2. The van der Waals surface area contributed by atoms with Gasteiger partial charge < -0.3 is 19.9 Å². The Morgan fingerprint density at radius 1 is 1.05 bits per heavy atom. The summed E-state index contributed by atoms with van der Waals surface area (Å²) in [5.41, 5.74) is 6.92. The topological polar surface area (TPSA) is 117 Å². The van der Waals surface area contributed by atoms with Crippen LogP contribution in [0, 0.1) is 20.8 Å². The van der Waals surface area contributed by atoms with Gasteiger partial charge in [-0.15, -0.1) is 0 Å². The number of carboxylic acids is 1. The number of nitrogens with one attached hydrogen (secondary N) is 2. The number of rotatable bonds is 7. The number of aromatic carboxylic acids is 1. The molecule has 4 aromatic rings. The lowest BCUT2D eigenvalue weighted by Gasteiger charge is -2.28. The predicted octanol–water partition coefficient (Wildman–Crippen LogP) is 5.04. The van der Waals surface area contributed by atoms with Gasteiger partial charge in [-0.05, 0) is 98.7 Å². The van der Waals surface area contributed by atoms with Gasteiger partial charge in [-0.25, -0.2) is 13.2 Å². The molecule has 2 atom stereocenters. The smallest absolute Gasteiger partial charge is 0.335 e. The molecule has 0 unspecified atom stereocenters. The summed E-state index contributed by atoms with van der Waals surface area (Å²) in [6.45, 7) is 5.97. The molecule has 3 N–H and O–H groups in total. The van der Waals surface area contributed by atoms with Gasteiger partial charge in [0.1, 0.15) is 0 Å². The zero-order chi connectivity index (χ0) is 28.8. The molecule has 1 fully saturated rings. The quantitative estimate of drug-likeness (QED) is 0.262. The van der Waals surface area contributed by atoms with Crippen molar-refractivity contribution in [3.8, 4) is 5.69 Å². The van der Waals surface area contributed by atoms with E-state index in [0.29, 0.717) is 10.8 Å². The van der Waals surface area contributed by atoms with Gasteiger partial charge in [0.2, 0.25) is 10.0 Å². The van der Waals surface area contributed by atoms with E-state index in [0.717, 1.165) is 45.8 Å². The van der Waals surface area contributed by atoms with E-state index in [2.05, 4.69) is 25.7 Å². The van der Waals surface area contributed by atoms with Crippen LogP contribution in [0.4, 0.5) is 11.4 Å². The maximum Gasteiger partial charge on any atom is 0.335 e. The van der Waals surface area contributed by atoms with E-state index in [4.69, 9.17) is 12.2 Å². The summed E-state index contributed by atoms with van der Waals surface area (Å²) in [5, 5.41) is 13.6. The van der Waals surface area contributed by atoms with Crippen molar-refractivity contribution in [1.82, 2.24) is 14.9 Å². The van der Waals surface area contributed by atoms with E-state index < -0.39 is 16.0 Å². The summed E-state index contributed by atoms with van der Waals surface area (Å²) in [6.07, 6.45) is 2.85. The Kier molecular flexibility index (Phi) is 7.11.